The zero-order chi connectivity index (χ0) is 39.8. The number of anilines is 1. The van der Waals surface area contributed by atoms with E-state index < -0.39 is 61.0 Å². The van der Waals surface area contributed by atoms with E-state index in [0.29, 0.717) is 17.0 Å². The molecule has 12 heteroatoms. The summed E-state index contributed by atoms with van der Waals surface area (Å²) in [5.74, 6) is 0.631. The average Bonchev–Trinajstić information content (AvgIpc) is 3.49. The number of carbonyl (C=O) groups is 1. The van der Waals surface area contributed by atoms with Crippen LogP contribution in [0.5, 0.6) is 5.75 Å². The summed E-state index contributed by atoms with van der Waals surface area (Å²) in [6, 6.07) is 32.2. The maximum Gasteiger partial charge on any atom is 0.411 e. The summed E-state index contributed by atoms with van der Waals surface area (Å²) in [6.45, 7) is 15.1. The molecule has 2 aliphatic rings. The molecule has 0 radical (unpaired) electrons. The molecule has 0 unspecified atom stereocenters. The van der Waals surface area contributed by atoms with Crippen LogP contribution in [0.25, 0.3) is 16.0 Å². The second kappa shape index (κ2) is 14.9. The molecule has 6 rings (SSSR count). The van der Waals surface area contributed by atoms with Gasteiger partial charge in [-0.25, -0.2) is 4.79 Å². The molecule has 1 saturated heterocycles. The van der Waals surface area contributed by atoms with E-state index in [0.717, 1.165) is 21.5 Å². The molecule has 1 heterocycles. The van der Waals surface area contributed by atoms with Gasteiger partial charge in [0.05, 0.1) is 25.8 Å². The predicted octanol–water partition coefficient (Wildman–Crippen LogP) is 7.04. The van der Waals surface area contributed by atoms with Gasteiger partial charge in [-0.2, -0.15) is 0 Å². The summed E-state index contributed by atoms with van der Waals surface area (Å²) >= 11 is 0. The molecule has 4 aromatic rings. The molecule has 288 valence electrons. The van der Waals surface area contributed by atoms with Crippen LogP contribution in [0.15, 0.2) is 121 Å². The Balaban J connectivity index is 1.58. The van der Waals surface area contributed by atoms with Crippen molar-refractivity contribution in [2.75, 3.05) is 19.0 Å². The Morgan fingerprint density at radius 3 is 2.13 bits per heavy atom. The lowest BCUT2D eigenvalue weighted by Crippen LogP contribution is -2.73. The monoisotopic (exact) mass is 761 g/mol. The van der Waals surface area contributed by atoms with Crippen molar-refractivity contribution in [1.29, 1.82) is 0 Å². The van der Waals surface area contributed by atoms with Gasteiger partial charge < -0.3 is 29.4 Å². The number of hydrogen-bond donors (Lipinski definition) is 3. The Kier molecular flexibility index (Phi) is 10.7. The molecule has 1 aliphatic heterocycles. The molecule has 4 aromatic carbocycles. The lowest BCUT2D eigenvalue weighted by atomic mass is 9.72. The van der Waals surface area contributed by atoms with Gasteiger partial charge in [0, 0.05) is 17.1 Å². The number of amides is 1. The van der Waals surface area contributed by atoms with Crippen LogP contribution in [0, 0.1) is 0 Å². The van der Waals surface area contributed by atoms with Gasteiger partial charge in [-0.1, -0.05) is 123 Å². The number of aliphatic hydroxyl groups is 2. The smallest absolute Gasteiger partial charge is 0.411 e. The van der Waals surface area contributed by atoms with Crippen molar-refractivity contribution in [3.63, 3.8) is 0 Å². The molecule has 0 aromatic heterocycles. The molecule has 1 spiro atoms. The number of allylic oxidation sites excluding steroid dienone is 1. The SMILES string of the molecule is C=C(C)c1cccc(N[C@H]2[C@H](N=[N+]=[N-])[C@@]3([C@H](C)OC(=O)N3Cc3ccc(OC)cc3)[C@@](C)(O)[C@@]2(O)CO[Si](c2ccccc2)(c2ccccc2)C(C)(C)C)c1. The van der Waals surface area contributed by atoms with E-state index >= 15 is 0 Å². The lowest BCUT2D eigenvalue weighted by Gasteiger charge is -2.50. The number of hydrogen-bond acceptors (Lipinski definition) is 8. The number of benzene rings is 4. The number of carbonyl (C=O) groups excluding carboxylic acids is 1. The Hall–Kier alpha value is -5.10. The standard InChI is InChI=1S/C43H51N5O6Si/c1-29(2)32-16-15-17-33(26-32)45-37-38(46-47-44)43(30(3)54-39(49)48(43)27-31-22-24-34(52-8)25-23-31)41(7,50)42(37,51)28-53-55(40(4,5)6,35-18-11-9-12-19-35)36-20-13-10-14-21-36/h9-26,30,37-38,45,50-51H,1,27-28H2,2-8H3/t30-,37-,38-,41-,42+,43-/m0/s1. The number of azide groups is 1. The molecule has 1 saturated carbocycles. The normalized spacial score (nSPS) is 26.4. The molecule has 55 heavy (non-hydrogen) atoms. The third-order valence-corrected chi connectivity index (χ3v) is 16.7. The highest BCUT2D eigenvalue weighted by molar-refractivity contribution is 6.99. The van der Waals surface area contributed by atoms with Gasteiger partial charge in [-0.05, 0) is 77.1 Å². The van der Waals surface area contributed by atoms with Crippen LogP contribution < -0.4 is 20.4 Å². The van der Waals surface area contributed by atoms with Crippen LogP contribution in [-0.2, 0) is 15.7 Å². The number of cyclic esters (lactones) is 1. The Bertz CT molecular complexity index is 2030. The predicted molar refractivity (Wildman–Crippen MR) is 218 cm³/mol. The lowest BCUT2D eigenvalue weighted by molar-refractivity contribution is -0.189. The summed E-state index contributed by atoms with van der Waals surface area (Å²) in [5.41, 5.74) is 6.99. The van der Waals surface area contributed by atoms with E-state index in [1.165, 1.54) is 11.8 Å². The largest absolute Gasteiger partial charge is 0.497 e. The quantitative estimate of drug-likeness (QED) is 0.0607. The van der Waals surface area contributed by atoms with Crippen molar-refractivity contribution in [3.8, 4) is 5.75 Å². The maximum atomic E-state index is 14.0. The van der Waals surface area contributed by atoms with Crippen LogP contribution in [0.2, 0.25) is 5.04 Å². The zero-order valence-electron chi connectivity index (χ0n) is 32.6. The van der Waals surface area contributed by atoms with Gasteiger partial charge in [0.2, 0.25) is 0 Å². The van der Waals surface area contributed by atoms with Crippen molar-refractivity contribution in [1.82, 2.24) is 4.90 Å². The zero-order valence-corrected chi connectivity index (χ0v) is 33.6. The van der Waals surface area contributed by atoms with Gasteiger partial charge in [0.25, 0.3) is 8.32 Å². The number of ether oxygens (including phenoxy) is 2. The van der Waals surface area contributed by atoms with Gasteiger partial charge in [0.1, 0.15) is 28.6 Å². The summed E-state index contributed by atoms with van der Waals surface area (Å²) in [5, 5.41) is 36.2. The fourth-order valence-corrected chi connectivity index (χ4v) is 13.6. The number of methoxy groups -OCH3 is 1. The van der Waals surface area contributed by atoms with Crippen LogP contribution >= 0.6 is 0 Å². The van der Waals surface area contributed by atoms with E-state index in [1.807, 2.05) is 104 Å². The molecule has 3 N–H and O–H groups in total. The molecule has 2 fully saturated rings. The van der Waals surface area contributed by atoms with Crippen molar-refractivity contribution in [3.05, 3.63) is 137 Å². The fraction of sp³-hybridized carbons (Fsp3) is 0.372. The summed E-state index contributed by atoms with van der Waals surface area (Å²) in [7, 11) is -1.75. The van der Waals surface area contributed by atoms with Crippen molar-refractivity contribution >= 4 is 36.0 Å². The second-order valence-corrected chi connectivity index (χ2v) is 20.2. The first kappa shape index (κ1) is 39.6. The van der Waals surface area contributed by atoms with Gasteiger partial charge in [0.15, 0.2) is 0 Å². The van der Waals surface area contributed by atoms with E-state index in [1.54, 1.807) is 26.2 Å². The highest BCUT2D eigenvalue weighted by atomic mass is 28.4. The third-order valence-electron chi connectivity index (χ3n) is 11.7. The molecule has 0 bridgehead atoms. The minimum Gasteiger partial charge on any atom is -0.497 e. The first-order valence-corrected chi connectivity index (χ1v) is 20.4. The van der Waals surface area contributed by atoms with Crippen molar-refractivity contribution in [2.45, 2.75) is 88.1 Å². The molecular formula is C43H51N5O6Si. The summed E-state index contributed by atoms with van der Waals surface area (Å²) < 4.78 is 18.7. The highest BCUT2D eigenvalue weighted by Gasteiger charge is 2.81. The Labute approximate surface area is 324 Å². The first-order chi connectivity index (χ1) is 26.1. The molecule has 1 aliphatic carbocycles. The van der Waals surface area contributed by atoms with Crippen LogP contribution in [0.4, 0.5) is 10.5 Å². The van der Waals surface area contributed by atoms with Crippen molar-refractivity contribution in [2.24, 2.45) is 5.11 Å². The topological polar surface area (TPSA) is 149 Å². The summed E-state index contributed by atoms with van der Waals surface area (Å²) in [4.78, 5) is 18.7. The van der Waals surface area contributed by atoms with E-state index in [9.17, 15) is 20.5 Å². The number of nitrogens with zero attached hydrogens (tertiary/aromatic N) is 4. The van der Waals surface area contributed by atoms with E-state index in [-0.39, 0.29) is 6.54 Å². The Morgan fingerprint density at radius 2 is 1.60 bits per heavy atom. The van der Waals surface area contributed by atoms with Gasteiger partial charge in [-0.3, -0.25) is 4.90 Å². The van der Waals surface area contributed by atoms with Gasteiger partial charge >= 0.3 is 6.09 Å². The van der Waals surface area contributed by atoms with Crippen LogP contribution in [0.3, 0.4) is 0 Å². The van der Waals surface area contributed by atoms with Crippen molar-refractivity contribution < 1.29 is 28.9 Å². The van der Waals surface area contributed by atoms with Crippen LogP contribution in [-0.4, -0.2) is 78.2 Å². The van der Waals surface area contributed by atoms with E-state index in [2.05, 4.69) is 42.7 Å². The molecule has 6 atom stereocenters. The number of nitrogens with one attached hydrogen (secondary N) is 1. The summed E-state index contributed by atoms with van der Waals surface area (Å²) in [6.07, 6.45) is -1.77. The number of rotatable bonds is 12. The van der Waals surface area contributed by atoms with E-state index in [4.69, 9.17) is 13.9 Å². The molecule has 1 amide bonds. The third kappa shape index (κ3) is 6.37. The average molecular weight is 762 g/mol. The first-order valence-electron chi connectivity index (χ1n) is 18.5. The Morgan fingerprint density at radius 1 is 1.00 bits per heavy atom. The fourth-order valence-electron chi connectivity index (χ4n) is 8.97. The van der Waals surface area contributed by atoms with Gasteiger partial charge in [-0.15, -0.1) is 0 Å². The maximum absolute atomic E-state index is 14.0. The molecule has 11 nitrogen and oxygen atoms in total. The minimum absolute atomic E-state index is 0.0235. The second-order valence-electron chi connectivity index (χ2n) is 15.9. The minimum atomic E-state index is -3.32. The van der Waals surface area contributed by atoms with Crippen LogP contribution in [0.1, 0.15) is 52.7 Å². The molecular weight excluding hydrogens is 711 g/mol. The highest BCUT2D eigenvalue weighted by Crippen LogP contribution is 2.57.